The van der Waals surface area contributed by atoms with E-state index < -0.39 is 12.3 Å². The molecule has 0 aromatic carbocycles. The Bertz CT molecular complexity index is 243. The first-order chi connectivity index (χ1) is 8.29. The third-order valence-electron chi connectivity index (χ3n) is 3.57. The number of hydrogen-bond donors (Lipinski definition) is 2. The van der Waals surface area contributed by atoms with E-state index in [0.717, 1.165) is 25.7 Å². The largest absolute Gasteiger partial charge is 0.415 e. The van der Waals surface area contributed by atoms with E-state index >= 15 is 0 Å². The summed E-state index contributed by atoms with van der Waals surface area (Å²) >= 11 is 0. The van der Waals surface area contributed by atoms with Gasteiger partial charge in [0.2, 0.25) is 0 Å². The molecule has 2 N–H and O–H groups in total. The number of alkyl halides is 3. The number of hydrogen-bond acceptors (Lipinski definition) is 2. The lowest BCUT2D eigenvalue weighted by Gasteiger charge is -2.31. The molecular formula is C13H24F3NO. The smallest absolute Gasteiger partial charge is 0.382 e. The lowest BCUT2D eigenvalue weighted by molar-refractivity contribution is -0.202. The van der Waals surface area contributed by atoms with Crippen LogP contribution in [0.25, 0.3) is 0 Å². The molecule has 1 rings (SSSR count). The zero-order valence-electron chi connectivity index (χ0n) is 11.1. The van der Waals surface area contributed by atoms with Crippen LogP contribution in [0.15, 0.2) is 0 Å². The first-order valence-electron chi connectivity index (χ1n) is 6.77. The summed E-state index contributed by atoms with van der Waals surface area (Å²) in [6, 6.07) is 0.125. The van der Waals surface area contributed by atoms with Crippen molar-refractivity contribution in [3.05, 3.63) is 0 Å². The average molecular weight is 267 g/mol. The Balaban J connectivity index is 2.30. The Morgan fingerprint density at radius 2 is 1.94 bits per heavy atom. The Labute approximate surface area is 107 Å². The van der Waals surface area contributed by atoms with Gasteiger partial charge in [0.05, 0.1) is 0 Å². The highest BCUT2D eigenvalue weighted by Crippen LogP contribution is 2.29. The third-order valence-corrected chi connectivity index (χ3v) is 3.57. The second kappa shape index (κ2) is 6.75. The van der Waals surface area contributed by atoms with Crippen molar-refractivity contribution >= 4 is 0 Å². The van der Waals surface area contributed by atoms with Crippen LogP contribution in [0.2, 0.25) is 0 Å². The van der Waals surface area contributed by atoms with Crippen molar-refractivity contribution in [1.82, 2.24) is 5.32 Å². The average Bonchev–Trinajstić information content (AvgIpc) is 2.24. The molecule has 0 aromatic rings. The lowest BCUT2D eigenvalue weighted by Crippen LogP contribution is -2.44. The van der Waals surface area contributed by atoms with E-state index in [2.05, 4.69) is 19.2 Å². The van der Waals surface area contributed by atoms with Gasteiger partial charge in [0.15, 0.2) is 6.10 Å². The standard InChI is InChI=1S/C13H24F3NO/c1-9(2)6-10-4-3-5-11(7-10)17-8-12(18)13(14,15)16/h9-12,17-18H,3-8H2,1-2H3. The van der Waals surface area contributed by atoms with Crippen LogP contribution in [0, 0.1) is 11.8 Å². The van der Waals surface area contributed by atoms with Crippen LogP contribution in [0.1, 0.15) is 46.0 Å². The van der Waals surface area contributed by atoms with Gasteiger partial charge in [-0.1, -0.05) is 26.7 Å². The molecule has 2 nitrogen and oxygen atoms in total. The first kappa shape index (κ1) is 15.8. The maximum absolute atomic E-state index is 12.2. The zero-order valence-corrected chi connectivity index (χ0v) is 11.1. The van der Waals surface area contributed by atoms with E-state index in [-0.39, 0.29) is 12.6 Å². The number of nitrogens with one attached hydrogen (secondary N) is 1. The van der Waals surface area contributed by atoms with Crippen LogP contribution < -0.4 is 5.32 Å². The number of rotatable bonds is 5. The molecule has 0 aromatic heterocycles. The van der Waals surface area contributed by atoms with Crippen LogP contribution in [0.5, 0.6) is 0 Å². The molecule has 0 spiro atoms. The summed E-state index contributed by atoms with van der Waals surface area (Å²) < 4.78 is 36.5. The molecule has 0 aliphatic heterocycles. The lowest BCUT2D eigenvalue weighted by atomic mass is 9.81. The summed E-state index contributed by atoms with van der Waals surface area (Å²) in [6.07, 6.45) is -1.53. The zero-order chi connectivity index (χ0) is 13.8. The minimum Gasteiger partial charge on any atom is -0.382 e. The molecule has 1 saturated carbocycles. The van der Waals surface area contributed by atoms with Gasteiger partial charge in [-0.25, -0.2) is 0 Å². The maximum Gasteiger partial charge on any atom is 0.415 e. The second-order valence-electron chi connectivity index (χ2n) is 5.82. The van der Waals surface area contributed by atoms with E-state index in [0.29, 0.717) is 11.8 Å². The fourth-order valence-electron chi connectivity index (χ4n) is 2.75. The molecule has 5 heteroatoms. The van der Waals surface area contributed by atoms with E-state index in [1.54, 1.807) is 0 Å². The molecule has 0 amide bonds. The normalized spacial score (nSPS) is 27.5. The van der Waals surface area contributed by atoms with Gasteiger partial charge in [0.25, 0.3) is 0 Å². The van der Waals surface area contributed by atoms with Crippen LogP contribution >= 0.6 is 0 Å². The van der Waals surface area contributed by atoms with E-state index in [9.17, 15) is 13.2 Å². The SMILES string of the molecule is CC(C)CC1CCCC(NCC(O)C(F)(F)F)C1. The van der Waals surface area contributed by atoms with Gasteiger partial charge in [-0.3, -0.25) is 0 Å². The quantitative estimate of drug-likeness (QED) is 0.802. The first-order valence-corrected chi connectivity index (χ1v) is 6.77. The van der Waals surface area contributed by atoms with Crippen LogP contribution in [-0.2, 0) is 0 Å². The third kappa shape index (κ3) is 5.57. The Morgan fingerprint density at radius 3 is 2.50 bits per heavy atom. The summed E-state index contributed by atoms with van der Waals surface area (Å²) in [7, 11) is 0. The van der Waals surface area contributed by atoms with Crippen molar-refractivity contribution in [2.75, 3.05) is 6.54 Å². The van der Waals surface area contributed by atoms with Crippen LogP contribution in [0.4, 0.5) is 13.2 Å². The molecule has 0 heterocycles. The van der Waals surface area contributed by atoms with Gasteiger partial charge >= 0.3 is 6.18 Å². The monoisotopic (exact) mass is 267 g/mol. The van der Waals surface area contributed by atoms with E-state index in [1.807, 2.05) is 0 Å². The molecule has 0 radical (unpaired) electrons. The fraction of sp³-hybridized carbons (Fsp3) is 1.00. The van der Waals surface area contributed by atoms with Gasteiger partial charge in [-0.05, 0) is 31.1 Å². The van der Waals surface area contributed by atoms with E-state index in [1.165, 1.54) is 6.42 Å². The summed E-state index contributed by atoms with van der Waals surface area (Å²) in [5.74, 6) is 1.24. The van der Waals surface area contributed by atoms with Gasteiger partial charge in [0, 0.05) is 12.6 Å². The molecule has 0 saturated heterocycles. The predicted molar refractivity (Wildman–Crippen MR) is 65.3 cm³/mol. The number of aliphatic hydroxyl groups excluding tert-OH is 1. The van der Waals surface area contributed by atoms with Gasteiger partial charge < -0.3 is 10.4 Å². The van der Waals surface area contributed by atoms with Crippen molar-refractivity contribution in [3.63, 3.8) is 0 Å². The summed E-state index contributed by atoms with van der Waals surface area (Å²) in [5.41, 5.74) is 0. The van der Waals surface area contributed by atoms with E-state index in [4.69, 9.17) is 5.11 Å². The molecule has 0 bridgehead atoms. The highest BCUT2D eigenvalue weighted by Gasteiger charge is 2.38. The number of aliphatic hydroxyl groups is 1. The molecular weight excluding hydrogens is 243 g/mol. The summed E-state index contributed by atoms with van der Waals surface area (Å²) in [5, 5.41) is 11.8. The molecule has 1 aliphatic carbocycles. The predicted octanol–water partition coefficient (Wildman–Crippen LogP) is 3.10. The van der Waals surface area contributed by atoms with Crippen LogP contribution in [0.3, 0.4) is 0 Å². The fourth-order valence-corrected chi connectivity index (χ4v) is 2.75. The Morgan fingerprint density at radius 1 is 1.28 bits per heavy atom. The highest BCUT2D eigenvalue weighted by atomic mass is 19.4. The van der Waals surface area contributed by atoms with Crippen molar-refractivity contribution in [1.29, 1.82) is 0 Å². The summed E-state index contributed by atoms with van der Waals surface area (Å²) in [6.45, 7) is 3.96. The Hall–Kier alpha value is -0.290. The van der Waals surface area contributed by atoms with Crippen molar-refractivity contribution in [2.45, 2.75) is 64.3 Å². The van der Waals surface area contributed by atoms with Gasteiger partial charge in [-0.15, -0.1) is 0 Å². The van der Waals surface area contributed by atoms with Crippen molar-refractivity contribution in [3.8, 4) is 0 Å². The molecule has 3 atom stereocenters. The van der Waals surface area contributed by atoms with Gasteiger partial charge in [0.1, 0.15) is 0 Å². The topological polar surface area (TPSA) is 32.3 Å². The molecule has 108 valence electrons. The van der Waals surface area contributed by atoms with Crippen molar-refractivity contribution in [2.24, 2.45) is 11.8 Å². The highest BCUT2D eigenvalue weighted by molar-refractivity contribution is 4.80. The van der Waals surface area contributed by atoms with Crippen molar-refractivity contribution < 1.29 is 18.3 Å². The van der Waals surface area contributed by atoms with Gasteiger partial charge in [-0.2, -0.15) is 13.2 Å². The minimum atomic E-state index is -4.51. The Kier molecular flexibility index (Phi) is 5.92. The molecule has 1 aliphatic rings. The maximum atomic E-state index is 12.2. The van der Waals surface area contributed by atoms with Crippen LogP contribution in [-0.4, -0.2) is 30.0 Å². The minimum absolute atomic E-state index is 0.125. The molecule has 18 heavy (non-hydrogen) atoms. The number of halogens is 3. The molecule has 1 fully saturated rings. The molecule has 3 unspecified atom stereocenters. The summed E-state index contributed by atoms with van der Waals surface area (Å²) in [4.78, 5) is 0. The second-order valence-corrected chi connectivity index (χ2v) is 5.82.